The lowest BCUT2D eigenvalue weighted by atomic mass is 9.98. The summed E-state index contributed by atoms with van der Waals surface area (Å²) >= 11 is 0. The van der Waals surface area contributed by atoms with Crippen LogP contribution in [0.4, 0.5) is 0 Å². The molecule has 19 heavy (non-hydrogen) atoms. The van der Waals surface area contributed by atoms with Crippen molar-refractivity contribution in [3.05, 3.63) is 29.7 Å². The number of aromatic nitrogens is 2. The molecule has 0 amide bonds. The summed E-state index contributed by atoms with van der Waals surface area (Å²) in [5.41, 5.74) is 2.11. The fourth-order valence-electron chi connectivity index (χ4n) is 1.90. The van der Waals surface area contributed by atoms with Gasteiger partial charge in [-0.1, -0.05) is 20.8 Å². The van der Waals surface area contributed by atoms with Gasteiger partial charge in [-0.15, -0.1) is 0 Å². The number of furan rings is 1. The van der Waals surface area contributed by atoms with E-state index in [1.807, 2.05) is 25.3 Å². The largest absolute Gasteiger partial charge is 0.460 e. The van der Waals surface area contributed by atoms with Crippen LogP contribution in [0.2, 0.25) is 0 Å². The first-order valence-corrected chi connectivity index (χ1v) is 6.87. The van der Waals surface area contributed by atoms with Crippen molar-refractivity contribution >= 4 is 0 Å². The van der Waals surface area contributed by atoms with E-state index in [0.29, 0.717) is 11.8 Å². The second-order valence-electron chi connectivity index (χ2n) is 5.53. The SMILES string of the molecule is Cc1ccc(-c2[nH]ncc2CNCC(C)C(C)C)o1. The molecular formula is C15H23N3O. The fraction of sp³-hybridized carbons (Fsp3) is 0.533. The summed E-state index contributed by atoms with van der Waals surface area (Å²) < 4.78 is 5.64. The number of nitrogens with zero attached hydrogens (tertiary/aromatic N) is 1. The van der Waals surface area contributed by atoms with Gasteiger partial charge in [0, 0.05) is 12.1 Å². The molecule has 2 N–H and O–H groups in total. The van der Waals surface area contributed by atoms with Crippen LogP contribution in [0.3, 0.4) is 0 Å². The number of H-pyrrole nitrogens is 1. The van der Waals surface area contributed by atoms with E-state index < -0.39 is 0 Å². The predicted molar refractivity (Wildman–Crippen MR) is 76.7 cm³/mol. The Hall–Kier alpha value is -1.55. The second kappa shape index (κ2) is 6.06. The van der Waals surface area contributed by atoms with Crippen molar-refractivity contribution in [2.45, 2.75) is 34.2 Å². The van der Waals surface area contributed by atoms with E-state index in [-0.39, 0.29) is 0 Å². The second-order valence-corrected chi connectivity index (χ2v) is 5.53. The Kier molecular flexibility index (Phi) is 4.43. The zero-order valence-electron chi connectivity index (χ0n) is 12.2. The third-order valence-electron chi connectivity index (χ3n) is 3.62. The summed E-state index contributed by atoms with van der Waals surface area (Å²) in [4.78, 5) is 0. The molecule has 0 aliphatic carbocycles. The standard InChI is InChI=1S/C15H23N3O/c1-10(2)11(3)7-16-8-13-9-17-18-15(13)14-6-5-12(4)19-14/h5-6,9-11,16H,7-8H2,1-4H3,(H,17,18). The van der Waals surface area contributed by atoms with E-state index in [4.69, 9.17) is 4.42 Å². The van der Waals surface area contributed by atoms with Gasteiger partial charge in [0.2, 0.25) is 0 Å². The molecular weight excluding hydrogens is 238 g/mol. The highest BCUT2D eigenvalue weighted by Crippen LogP contribution is 2.23. The maximum Gasteiger partial charge on any atom is 0.152 e. The number of rotatable bonds is 6. The maximum absolute atomic E-state index is 5.64. The molecule has 104 valence electrons. The lowest BCUT2D eigenvalue weighted by Gasteiger charge is -2.15. The van der Waals surface area contributed by atoms with Crippen molar-refractivity contribution in [2.75, 3.05) is 6.54 Å². The minimum absolute atomic E-state index is 0.668. The average Bonchev–Trinajstić information content (AvgIpc) is 2.97. The summed E-state index contributed by atoms with van der Waals surface area (Å²) in [5, 5.41) is 10.6. The van der Waals surface area contributed by atoms with Gasteiger partial charge in [-0.3, -0.25) is 5.10 Å². The van der Waals surface area contributed by atoms with Crippen LogP contribution in [0, 0.1) is 18.8 Å². The first-order chi connectivity index (χ1) is 9.08. The van der Waals surface area contributed by atoms with Crippen LogP contribution in [0.5, 0.6) is 0 Å². The molecule has 0 aromatic carbocycles. The van der Waals surface area contributed by atoms with Crippen LogP contribution in [-0.4, -0.2) is 16.7 Å². The molecule has 2 heterocycles. The highest BCUT2D eigenvalue weighted by Gasteiger charge is 2.12. The van der Waals surface area contributed by atoms with Crippen LogP contribution in [0.25, 0.3) is 11.5 Å². The van der Waals surface area contributed by atoms with Crippen molar-refractivity contribution in [3.8, 4) is 11.5 Å². The Balaban J connectivity index is 1.97. The Morgan fingerprint density at radius 1 is 1.32 bits per heavy atom. The molecule has 2 aromatic heterocycles. The molecule has 0 bridgehead atoms. The van der Waals surface area contributed by atoms with Gasteiger partial charge < -0.3 is 9.73 Å². The van der Waals surface area contributed by atoms with Gasteiger partial charge in [0.15, 0.2) is 5.76 Å². The number of hydrogen-bond acceptors (Lipinski definition) is 3. The topological polar surface area (TPSA) is 53.9 Å². The molecule has 2 aromatic rings. The number of hydrogen-bond donors (Lipinski definition) is 2. The zero-order chi connectivity index (χ0) is 13.8. The predicted octanol–water partition coefficient (Wildman–Crippen LogP) is 3.36. The van der Waals surface area contributed by atoms with E-state index >= 15 is 0 Å². The fourth-order valence-corrected chi connectivity index (χ4v) is 1.90. The number of aromatic amines is 1. The Morgan fingerprint density at radius 2 is 2.11 bits per heavy atom. The molecule has 0 spiro atoms. The molecule has 2 rings (SSSR count). The molecule has 0 fully saturated rings. The quantitative estimate of drug-likeness (QED) is 0.838. The first-order valence-electron chi connectivity index (χ1n) is 6.87. The van der Waals surface area contributed by atoms with Crippen molar-refractivity contribution < 1.29 is 4.42 Å². The normalized spacial score (nSPS) is 13.1. The molecule has 4 heteroatoms. The van der Waals surface area contributed by atoms with Gasteiger partial charge in [0.1, 0.15) is 11.5 Å². The molecule has 0 aliphatic rings. The minimum atomic E-state index is 0.668. The summed E-state index contributed by atoms with van der Waals surface area (Å²) in [6.45, 7) is 10.5. The van der Waals surface area contributed by atoms with Gasteiger partial charge >= 0.3 is 0 Å². The minimum Gasteiger partial charge on any atom is -0.460 e. The first kappa shape index (κ1) is 13.9. The van der Waals surface area contributed by atoms with E-state index in [2.05, 4.69) is 36.3 Å². The van der Waals surface area contributed by atoms with Crippen molar-refractivity contribution in [3.63, 3.8) is 0 Å². The molecule has 0 saturated heterocycles. The van der Waals surface area contributed by atoms with Crippen LogP contribution < -0.4 is 5.32 Å². The number of aryl methyl sites for hydroxylation is 1. The molecule has 1 atom stereocenters. The third kappa shape index (κ3) is 3.47. The molecule has 0 saturated carbocycles. The van der Waals surface area contributed by atoms with Crippen molar-refractivity contribution in [1.29, 1.82) is 0 Å². The number of nitrogens with one attached hydrogen (secondary N) is 2. The molecule has 4 nitrogen and oxygen atoms in total. The van der Waals surface area contributed by atoms with E-state index in [1.54, 1.807) is 0 Å². The Bertz CT molecular complexity index is 513. The lowest BCUT2D eigenvalue weighted by Crippen LogP contribution is -2.23. The van der Waals surface area contributed by atoms with Crippen LogP contribution in [-0.2, 0) is 6.54 Å². The van der Waals surface area contributed by atoms with Crippen molar-refractivity contribution in [1.82, 2.24) is 15.5 Å². The van der Waals surface area contributed by atoms with Gasteiger partial charge in [-0.2, -0.15) is 5.10 Å². The van der Waals surface area contributed by atoms with E-state index in [1.165, 1.54) is 0 Å². The van der Waals surface area contributed by atoms with Gasteiger partial charge in [0.25, 0.3) is 0 Å². The van der Waals surface area contributed by atoms with E-state index in [0.717, 1.165) is 35.9 Å². The highest BCUT2D eigenvalue weighted by atomic mass is 16.3. The van der Waals surface area contributed by atoms with Gasteiger partial charge in [-0.25, -0.2) is 0 Å². The summed E-state index contributed by atoms with van der Waals surface area (Å²) in [5.74, 6) is 3.13. The maximum atomic E-state index is 5.64. The lowest BCUT2D eigenvalue weighted by molar-refractivity contribution is 0.392. The van der Waals surface area contributed by atoms with Crippen LogP contribution in [0.1, 0.15) is 32.1 Å². The third-order valence-corrected chi connectivity index (χ3v) is 3.62. The van der Waals surface area contributed by atoms with E-state index in [9.17, 15) is 0 Å². The molecule has 1 unspecified atom stereocenters. The summed E-state index contributed by atoms with van der Waals surface area (Å²) in [6.07, 6.45) is 1.86. The van der Waals surface area contributed by atoms with Gasteiger partial charge in [-0.05, 0) is 37.4 Å². The summed E-state index contributed by atoms with van der Waals surface area (Å²) in [6, 6.07) is 3.94. The van der Waals surface area contributed by atoms with Crippen molar-refractivity contribution in [2.24, 2.45) is 11.8 Å². The highest BCUT2D eigenvalue weighted by molar-refractivity contribution is 5.56. The monoisotopic (exact) mass is 261 g/mol. The van der Waals surface area contributed by atoms with Gasteiger partial charge in [0.05, 0.1) is 6.20 Å². The Morgan fingerprint density at radius 3 is 2.74 bits per heavy atom. The zero-order valence-corrected chi connectivity index (χ0v) is 12.2. The van der Waals surface area contributed by atoms with Crippen LogP contribution in [0.15, 0.2) is 22.7 Å². The molecule has 0 radical (unpaired) electrons. The van der Waals surface area contributed by atoms with Crippen LogP contribution >= 0.6 is 0 Å². The average molecular weight is 261 g/mol. The summed E-state index contributed by atoms with van der Waals surface area (Å²) in [7, 11) is 0. The molecule has 0 aliphatic heterocycles. The smallest absolute Gasteiger partial charge is 0.152 e. The Labute approximate surface area is 114 Å².